The van der Waals surface area contributed by atoms with E-state index in [4.69, 9.17) is 4.84 Å². The van der Waals surface area contributed by atoms with Gasteiger partial charge in [0.15, 0.2) is 0 Å². The first kappa shape index (κ1) is 18.2. The molecule has 6 heteroatoms. The van der Waals surface area contributed by atoms with Crippen LogP contribution in [0.15, 0.2) is 24.2 Å². The molecule has 6 nitrogen and oxygen atoms in total. The number of carbonyl (C=O) groups is 2. The van der Waals surface area contributed by atoms with Crippen molar-refractivity contribution in [1.29, 1.82) is 0 Å². The van der Waals surface area contributed by atoms with E-state index in [0.717, 1.165) is 25.3 Å². The number of carbonyl (C=O) groups excluding carboxylic acids is 2. The molecular formula is C16H26N2O4. The van der Waals surface area contributed by atoms with E-state index in [1.54, 1.807) is 5.06 Å². The molecule has 22 heavy (non-hydrogen) atoms. The quantitative estimate of drug-likeness (QED) is 0.616. The van der Waals surface area contributed by atoms with Gasteiger partial charge in [0.25, 0.3) is 5.91 Å². The van der Waals surface area contributed by atoms with E-state index >= 15 is 0 Å². The molecule has 1 aliphatic heterocycles. The van der Waals surface area contributed by atoms with Crippen LogP contribution in [0.5, 0.6) is 0 Å². The summed E-state index contributed by atoms with van der Waals surface area (Å²) in [4.78, 5) is 28.6. The molecule has 1 rings (SSSR count). The lowest BCUT2D eigenvalue weighted by Gasteiger charge is -2.50. The van der Waals surface area contributed by atoms with Crippen LogP contribution < -0.4 is 5.32 Å². The van der Waals surface area contributed by atoms with E-state index in [2.05, 4.69) is 11.9 Å². The lowest BCUT2D eigenvalue weighted by Crippen LogP contribution is -2.58. The van der Waals surface area contributed by atoms with Crippen LogP contribution in [0, 0.1) is 0 Å². The molecule has 0 unspecified atom stereocenters. The second-order valence-electron chi connectivity index (χ2n) is 6.82. The number of imide groups is 1. The summed E-state index contributed by atoms with van der Waals surface area (Å²) in [5.74, 6) is -1.84. The topological polar surface area (TPSA) is 78.9 Å². The first-order chi connectivity index (χ1) is 10.0. The van der Waals surface area contributed by atoms with E-state index in [0.29, 0.717) is 0 Å². The number of aliphatic hydroxyl groups is 1. The Hall–Kier alpha value is -1.82. The summed E-state index contributed by atoms with van der Waals surface area (Å²) in [7, 11) is 0. The Morgan fingerprint density at radius 1 is 1.23 bits per heavy atom. The molecule has 0 aromatic carbocycles. The minimum absolute atomic E-state index is 0.0626. The zero-order valence-electron chi connectivity index (χ0n) is 14.0. The van der Waals surface area contributed by atoms with Gasteiger partial charge in [0.2, 0.25) is 5.91 Å². The molecule has 124 valence electrons. The summed E-state index contributed by atoms with van der Waals surface area (Å²) >= 11 is 0. The fourth-order valence-corrected chi connectivity index (χ4v) is 2.73. The van der Waals surface area contributed by atoms with Gasteiger partial charge < -0.3 is 9.94 Å². The van der Waals surface area contributed by atoms with Crippen LogP contribution in [0.1, 0.15) is 53.9 Å². The fourth-order valence-electron chi connectivity index (χ4n) is 2.73. The summed E-state index contributed by atoms with van der Waals surface area (Å²) in [5, 5.41) is 13.9. The van der Waals surface area contributed by atoms with Crippen molar-refractivity contribution in [2.75, 3.05) is 0 Å². The van der Waals surface area contributed by atoms with Crippen LogP contribution in [0.4, 0.5) is 0 Å². The molecule has 1 heterocycles. The van der Waals surface area contributed by atoms with Crippen LogP contribution in [0.25, 0.3) is 0 Å². The predicted molar refractivity (Wildman–Crippen MR) is 83.6 cm³/mol. The summed E-state index contributed by atoms with van der Waals surface area (Å²) in [6, 6.07) is 0. The minimum Gasteiger partial charge on any atom is -0.479 e. The normalized spacial score (nSPS) is 21.5. The average Bonchev–Trinajstić information content (AvgIpc) is 2.41. The number of hydrogen-bond donors (Lipinski definition) is 2. The van der Waals surface area contributed by atoms with E-state index < -0.39 is 17.8 Å². The van der Waals surface area contributed by atoms with Crippen molar-refractivity contribution < 1.29 is 19.5 Å². The smallest absolute Gasteiger partial charge is 0.305 e. The van der Waals surface area contributed by atoms with Gasteiger partial charge in [-0.05, 0) is 60.0 Å². The monoisotopic (exact) mass is 310 g/mol. The molecule has 0 bridgehead atoms. The number of hydroxylamine groups is 2. The Morgan fingerprint density at radius 2 is 1.73 bits per heavy atom. The third-order valence-electron chi connectivity index (χ3n) is 3.94. The minimum atomic E-state index is -0.713. The molecule has 0 atom stereocenters. The molecule has 0 radical (unpaired) electrons. The van der Waals surface area contributed by atoms with Crippen LogP contribution in [0.2, 0.25) is 0 Å². The highest BCUT2D eigenvalue weighted by Gasteiger charge is 2.44. The third kappa shape index (κ3) is 4.10. The fraction of sp³-hybridized carbons (Fsp3) is 0.625. The van der Waals surface area contributed by atoms with E-state index in [1.165, 1.54) is 6.92 Å². The number of nitrogens with zero attached hydrogens (tertiary/aromatic N) is 1. The lowest BCUT2D eigenvalue weighted by atomic mass is 9.82. The largest absolute Gasteiger partial charge is 0.479 e. The van der Waals surface area contributed by atoms with E-state index in [1.807, 2.05) is 27.7 Å². The van der Waals surface area contributed by atoms with Gasteiger partial charge in [-0.3, -0.25) is 14.9 Å². The summed E-state index contributed by atoms with van der Waals surface area (Å²) in [6.45, 7) is 12.8. The zero-order chi connectivity index (χ0) is 17.1. The lowest BCUT2D eigenvalue weighted by molar-refractivity contribution is -0.275. The Kier molecular flexibility index (Phi) is 5.40. The Labute approximate surface area is 131 Å². The van der Waals surface area contributed by atoms with Gasteiger partial charge in [0.1, 0.15) is 0 Å². The Balaban J connectivity index is 2.94. The first-order valence-electron chi connectivity index (χ1n) is 7.37. The molecule has 0 saturated carbocycles. The first-order valence-corrected chi connectivity index (χ1v) is 7.37. The molecule has 2 amide bonds. The molecule has 0 aliphatic carbocycles. The Bertz CT molecular complexity index is 490. The second kappa shape index (κ2) is 6.52. The molecule has 1 aliphatic rings. The van der Waals surface area contributed by atoms with Crippen LogP contribution in [0.3, 0.4) is 0 Å². The average molecular weight is 310 g/mol. The highest BCUT2D eigenvalue weighted by Crippen LogP contribution is 2.39. The summed E-state index contributed by atoms with van der Waals surface area (Å²) in [5.41, 5.74) is -0.611. The standard InChI is InChI=1S/C16H26N2O4/c1-7-12(19)17-13(20)11(2)14(21)22-18-15(3,4)9-8-10-16(18,5)6/h7,21H,1,8-10H2,2-6H3,(H,17,19,20). The van der Waals surface area contributed by atoms with Gasteiger partial charge in [0, 0.05) is 0 Å². The number of hydrogen-bond acceptors (Lipinski definition) is 5. The number of nitrogens with one attached hydrogen (secondary N) is 1. The van der Waals surface area contributed by atoms with Gasteiger partial charge in [0.05, 0.1) is 16.7 Å². The number of amides is 2. The molecule has 0 spiro atoms. The van der Waals surface area contributed by atoms with Crippen molar-refractivity contribution in [2.24, 2.45) is 0 Å². The molecule has 2 N–H and O–H groups in total. The van der Waals surface area contributed by atoms with Crippen LogP contribution in [-0.2, 0) is 14.4 Å². The van der Waals surface area contributed by atoms with Gasteiger partial charge >= 0.3 is 5.95 Å². The number of piperidine rings is 1. The maximum atomic E-state index is 11.8. The van der Waals surface area contributed by atoms with Crippen molar-refractivity contribution in [3.63, 3.8) is 0 Å². The van der Waals surface area contributed by atoms with Crippen molar-refractivity contribution in [3.05, 3.63) is 24.2 Å². The highest BCUT2D eigenvalue weighted by molar-refractivity contribution is 6.07. The number of aliphatic hydroxyl groups excluding tert-OH is 1. The summed E-state index contributed by atoms with van der Waals surface area (Å²) in [6.07, 6.45) is 3.89. The third-order valence-corrected chi connectivity index (χ3v) is 3.94. The maximum absolute atomic E-state index is 11.8. The summed E-state index contributed by atoms with van der Waals surface area (Å²) < 4.78 is 0. The predicted octanol–water partition coefficient (Wildman–Crippen LogP) is 2.58. The zero-order valence-corrected chi connectivity index (χ0v) is 14.0. The maximum Gasteiger partial charge on any atom is 0.305 e. The molecule has 1 saturated heterocycles. The number of rotatable bonds is 4. The van der Waals surface area contributed by atoms with Gasteiger partial charge in [-0.25, -0.2) is 0 Å². The van der Waals surface area contributed by atoms with Crippen LogP contribution in [-0.4, -0.2) is 33.1 Å². The SMILES string of the molecule is C=CC(=O)NC(=O)C(C)=C(O)ON1C(C)(C)CCCC1(C)C. The highest BCUT2D eigenvalue weighted by atomic mass is 16.8. The van der Waals surface area contributed by atoms with Crippen LogP contribution >= 0.6 is 0 Å². The van der Waals surface area contributed by atoms with Crippen molar-refractivity contribution in [1.82, 2.24) is 10.4 Å². The van der Waals surface area contributed by atoms with E-state index in [9.17, 15) is 14.7 Å². The van der Waals surface area contributed by atoms with Crippen molar-refractivity contribution in [2.45, 2.75) is 65.0 Å². The molecular weight excluding hydrogens is 284 g/mol. The molecule has 0 aromatic rings. The van der Waals surface area contributed by atoms with Gasteiger partial charge in [-0.15, -0.1) is 5.06 Å². The molecule has 0 aromatic heterocycles. The van der Waals surface area contributed by atoms with Gasteiger partial charge in [-0.2, -0.15) is 0 Å². The van der Waals surface area contributed by atoms with Crippen molar-refractivity contribution >= 4 is 11.8 Å². The van der Waals surface area contributed by atoms with Gasteiger partial charge in [-0.1, -0.05) is 6.58 Å². The van der Waals surface area contributed by atoms with E-state index in [-0.39, 0.29) is 16.7 Å². The van der Waals surface area contributed by atoms with Crippen molar-refractivity contribution in [3.8, 4) is 0 Å². The Morgan fingerprint density at radius 3 is 2.18 bits per heavy atom. The molecule has 1 fully saturated rings. The second-order valence-corrected chi connectivity index (χ2v) is 6.82.